The smallest absolute Gasteiger partial charge is 0.226 e. The predicted molar refractivity (Wildman–Crippen MR) is 167 cm³/mol. The van der Waals surface area contributed by atoms with Crippen molar-refractivity contribution in [2.75, 3.05) is 20.3 Å². The third-order valence-electron chi connectivity index (χ3n) is 7.27. The molecule has 0 aliphatic heterocycles. The number of ether oxygens (including phenoxy) is 4. The molecule has 3 rings (SSSR count). The van der Waals surface area contributed by atoms with E-state index in [1.165, 1.54) is 37.7 Å². The molecule has 218 valence electrons. The Balaban J connectivity index is 1.73. The Morgan fingerprint density at radius 3 is 1.82 bits per heavy atom. The first-order valence-corrected chi connectivity index (χ1v) is 15.4. The van der Waals surface area contributed by atoms with Gasteiger partial charge in [0, 0.05) is 7.11 Å². The van der Waals surface area contributed by atoms with Gasteiger partial charge in [0.25, 0.3) is 0 Å². The lowest BCUT2D eigenvalue weighted by molar-refractivity contribution is -0.156. The molecule has 0 N–H and O–H groups in total. The van der Waals surface area contributed by atoms with Gasteiger partial charge in [-0.05, 0) is 65.8 Å². The van der Waals surface area contributed by atoms with Gasteiger partial charge in [-0.3, -0.25) is 0 Å². The Morgan fingerprint density at radius 1 is 0.600 bits per heavy atom. The van der Waals surface area contributed by atoms with Crippen LogP contribution in [0.4, 0.5) is 0 Å². The van der Waals surface area contributed by atoms with Gasteiger partial charge in [0.2, 0.25) is 6.29 Å². The Labute approximate surface area is 243 Å². The average Bonchev–Trinajstić information content (AvgIpc) is 2.99. The zero-order chi connectivity index (χ0) is 28.4. The number of hydrogen-bond acceptors (Lipinski definition) is 4. The maximum Gasteiger partial charge on any atom is 0.226 e. The maximum atomic E-state index is 6.38. The van der Waals surface area contributed by atoms with E-state index >= 15 is 0 Å². The van der Waals surface area contributed by atoms with E-state index in [0.717, 1.165) is 66.9 Å². The molecule has 2 atom stereocenters. The van der Waals surface area contributed by atoms with Crippen LogP contribution in [0.5, 0.6) is 11.5 Å². The maximum absolute atomic E-state index is 6.38. The fourth-order valence-electron chi connectivity index (χ4n) is 4.92. The highest BCUT2D eigenvalue weighted by Crippen LogP contribution is 2.35. The zero-order valence-electron chi connectivity index (χ0n) is 25.2. The molecule has 0 aliphatic carbocycles. The number of rotatable bonds is 20. The number of unbranched alkanes of at least 4 members (excludes halogenated alkanes) is 7. The van der Waals surface area contributed by atoms with Crippen molar-refractivity contribution in [3.63, 3.8) is 0 Å². The van der Waals surface area contributed by atoms with Crippen LogP contribution in [-0.4, -0.2) is 32.7 Å². The summed E-state index contributed by atoms with van der Waals surface area (Å²) in [6, 6.07) is 25.2. The molecule has 0 amide bonds. The van der Waals surface area contributed by atoms with Gasteiger partial charge in [-0.25, -0.2) is 0 Å². The normalized spacial score (nSPS) is 12.7. The van der Waals surface area contributed by atoms with Crippen LogP contribution in [0.2, 0.25) is 0 Å². The summed E-state index contributed by atoms with van der Waals surface area (Å²) >= 11 is 0. The summed E-state index contributed by atoms with van der Waals surface area (Å²) in [5.41, 5.74) is 4.56. The largest absolute Gasteiger partial charge is 0.494 e. The van der Waals surface area contributed by atoms with E-state index in [1.807, 2.05) is 12.1 Å². The van der Waals surface area contributed by atoms with Gasteiger partial charge in [-0.1, -0.05) is 114 Å². The van der Waals surface area contributed by atoms with E-state index < -0.39 is 6.29 Å². The zero-order valence-corrected chi connectivity index (χ0v) is 25.2. The lowest BCUT2D eigenvalue weighted by Crippen LogP contribution is -2.35. The minimum absolute atomic E-state index is 0.128. The van der Waals surface area contributed by atoms with Crippen LogP contribution < -0.4 is 9.47 Å². The lowest BCUT2D eigenvalue weighted by Gasteiger charge is -2.26. The molecule has 4 nitrogen and oxygen atoms in total. The second-order valence-electron chi connectivity index (χ2n) is 10.5. The molecular formula is C36H50O4. The summed E-state index contributed by atoms with van der Waals surface area (Å²) in [7, 11) is 1.72. The molecule has 3 aromatic rings. The molecule has 0 spiro atoms. The Bertz CT molecular complexity index is 1090. The molecule has 0 saturated heterocycles. The van der Waals surface area contributed by atoms with Crippen molar-refractivity contribution < 1.29 is 18.9 Å². The van der Waals surface area contributed by atoms with E-state index in [-0.39, 0.29) is 6.10 Å². The fraction of sp³-hybridized carbons (Fsp3) is 0.500. The molecule has 0 bridgehead atoms. The first kappa shape index (κ1) is 31.7. The molecule has 1 unspecified atom stereocenters. The van der Waals surface area contributed by atoms with E-state index in [0.29, 0.717) is 6.61 Å². The SMILES string of the molecule is CCCCCCCCOc1cccc(-c2ccccc2-c2cccc(OC(OCCCCC)[C@H](CC)OC)c2)c1. The van der Waals surface area contributed by atoms with E-state index in [1.54, 1.807) is 7.11 Å². The first-order valence-electron chi connectivity index (χ1n) is 15.4. The summed E-state index contributed by atoms with van der Waals surface area (Å²) in [4.78, 5) is 0. The Kier molecular flexibility index (Phi) is 14.7. The molecular weight excluding hydrogens is 496 g/mol. The monoisotopic (exact) mass is 546 g/mol. The van der Waals surface area contributed by atoms with Crippen LogP contribution in [0.1, 0.15) is 85.0 Å². The van der Waals surface area contributed by atoms with Gasteiger partial charge in [-0.2, -0.15) is 0 Å². The van der Waals surface area contributed by atoms with Crippen molar-refractivity contribution in [1.82, 2.24) is 0 Å². The van der Waals surface area contributed by atoms with E-state index in [2.05, 4.69) is 81.4 Å². The quantitative estimate of drug-likeness (QED) is 0.104. The first-order chi connectivity index (χ1) is 19.7. The molecule has 40 heavy (non-hydrogen) atoms. The second-order valence-corrected chi connectivity index (χ2v) is 10.5. The van der Waals surface area contributed by atoms with Gasteiger partial charge in [0.1, 0.15) is 17.6 Å². The molecule has 0 saturated carbocycles. The number of hydrogen-bond donors (Lipinski definition) is 0. The molecule has 0 aromatic heterocycles. The van der Waals surface area contributed by atoms with Crippen LogP contribution in [0.25, 0.3) is 22.3 Å². The number of methoxy groups -OCH3 is 1. The second kappa shape index (κ2) is 18.5. The molecule has 0 aliphatic rings. The van der Waals surface area contributed by atoms with Crippen LogP contribution in [0.3, 0.4) is 0 Å². The van der Waals surface area contributed by atoms with Crippen molar-refractivity contribution in [2.45, 2.75) is 97.4 Å². The van der Waals surface area contributed by atoms with Crippen molar-refractivity contribution in [2.24, 2.45) is 0 Å². The minimum Gasteiger partial charge on any atom is -0.494 e. The highest BCUT2D eigenvalue weighted by Gasteiger charge is 2.22. The van der Waals surface area contributed by atoms with Crippen molar-refractivity contribution in [1.29, 1.82) is 0 Å². The molecule has 4 heteroatoms. The third kappa shape index (κ3) is 10.3. The summed E-state index contributed by atoms with van der Waals surface area (Å²) in [5, 5.41) is 0. The topological polar surface area (TPSA) is 36.9 Å². The molecule has 0 radical (unpaired) electrons. The van der Waals surface area contributed by atoms with Gasteiger partial charge < -0.3 is 18.9 Å². The van der Waals surface area contributed by atoms with Crippen LogP contribution in [-0.2, 0) is 9.47 Å². The molecule has 0 heterocycles. The molecule has 3 aromatic carbocycles. The van der Waals surface area contributed by atoms with Crippen molar-refractivity contribution in [3.8, 4) is 33.8 Å². The van der Waals surface area contributed by atoms with Gasteiger partial charge in [0.05, 0.1) is 13.2 Å². The van der Waals surface area contributed by atoms with Crippen molar-refractivity contribution >= 4 is 0 Å². The molecule has 0 fully saturated rings. The highest BCUT2D eigenvalue weighted by molar-refractivity contribution is 5.84. The summed E-state index contributed by atoms with van der Waals surface area (Å²) in [6.45, 7) is 7.97. The standard InChI is InChI=1S/C36H50O4/c1-5-8-10-11-12-16-25-38-31-21-17-19-29(27-31)33-23-13-14-24-34(33)30-20-18-22-32(28-30)40-36(35(7-3)37-4)39-26-15-9-6-2/h13-14,17-24,27-28,35-36H,5-12,15-16,25-26H2,1-4H3/t35-,36?/m0/s1. The highest BCUT2D eigenvalue weighted by atomic mass is 16.7. The average molecular weight is 547 g/mol. The predicted octanol–water partition coefficient (Wildman–Crippen LogP) is 10.1. The summed E-state index contributed by atoms with van der Waals surface area (Å²) in [5.74, 6) is 1.70. The number of benzene rings is 3. The third-order valence-corrected chi connectivity index (χ3v) is 7.27. The minimum atomic E-state index is -0.446. The lowest BCUT2D eigenvalue weighted by atomic mass is 9.94. The van der Waals surface area contributed by atoms with Gasteiger partial charge >= 0.3 is 0 Å². The van der Waals surface area contributed by atoms with E-state index in [4.69, 9.17) is 18.9 Å². The Hall–Kier alpha value is -2.82. The van der Waals surface area contributed by atoms with E-state index in [9.17, 15) is 0 Å². The Morgan fingerprint density at radius 2 is 1.18 bits per heavy atom. The van der Waals surface area contributed by atoms with Crippen LogP contribution in [0.15, 0.2) is 72.8 Å². The van der Waals surface area contributed by atoms with Gasteiger partial charge in [-0.15, -0.1) is 0 Å². The van der Waals surface area contributed by atoms with Crippen LogP contribution >= 0.6 is 0 Å². The summed E-state index contributed by atoms with van der Waals surface area (Å²) < 4.78 is 24.3. The van der Waals surface area contributed by atoms with Crippen LogP contribution in [0, 0.1) is 0 Å². The van der Waals surface area contributed by atoms with Gasteiger partial charge in [0.15, 0.2) is 0 Å². The fourth-order valence-corrected chi connectivity index (χ4v) is 4.92. The summed E-state index contributed by atoms with van der Waals surface area (Å²) in [6.07, 6.45) is 11.1. The van der Waals surface area contributed by atoms with Crippen molar-refractivity contribution in [3.05, 3.63) is 72.8 Å².